The summed E-state index contributed by atoms with van der Waals surface area (Å²) in [6, 6.07) is 21.3. The summed E-state index contributed by atoms with van der Waals surface area (Å²) in [4.78, 5) is 0. The third-order valence-corrected chi connectivity index (χ3v) is 22.0. The molecule has 0 bridgehead atoms. The van der Waals surface area contributed by atoms with Gasteiger partial charge in [-0.1, -0.05) is 73.5 Å². The Morgan fingerprint density at radius 3 is 1.11 bits per heavy atom. The van der Waals surface area contributed by atoms with Gasteiger partial charge in [0.15, 0.2) is 16.6 Å². The maximum Gasteiger partial charge on any atom is 2.00 e. The Hall–Kier alpha value is -1.29. The van der Waals surface area contributed by atoms with Gasteiger partial charge in [0.1, 0.15) is 0 Å². The Kier molecular flexibility index (Phi) is 11.4. The Bertz CT molecular complexity index is 1040. The van der Waals surface area contributed by atoms with Crippen molar-refractivity contribution in [3.8, 4) is 0 Å². The molecule has 2 aromatic carbocycles. The maximum absolute atomic E-state index is 6.63. The molecule has 2 aliphatic carbocycles. The molecule has 37 heavy (non-hydrogen) atoms. The minimum atomic E-state index is -1.81. The van der Waals surface area contributed by atoms with E-state index < -0.39 is 33.3 Å². The number of allylic oxidation sites excluding steroid dienone is 8. The summed E-state index contributed by atoms with van der Waals surface area (Å²) in [6.45, 7) is 18.3. The second-order valence-electron chi connectivity index (χ2n) is 11.4. The van der Waals surface area contributed by atoms with Crippen molar-refractivity contribution in [2.45, 2.75) is 65.2 Å². The smallest absolute Gasteiger partial charge is 0.450 e. The number of rotatable bonds is 8. The fourth-order valence-corrected chi connectivity index (χ4v) is 21.0. The zero-order chi connectivity index (χ0) is 26.5. The first-order valence-corrected chi connectivity index (χ1v) is 24.5. The van der Waals surface area contributed by atoms with E-state index in [0.717, 1.165) is 12.8 Å². The number of hydrogen-bond acceptors (Lipinski definition) is 2. The summed E-state index contributed by atoms with van der Waals surface area (Å²) in [5.41, 5.74) is 0. The quantitative estimate of drug-likeness (QED) is 0.237. The Labute approximate surface area is 240 Å². The molecule has 0 aliphatic heterocycles. The van der Waals surface area contributed by atoms with Crippen LogP contribution in [-0.2, 0) is 25.3 Å². The average Bonchev–Trinajstić information content (AvgIpc) is 3.55. The third kappa shape index (κ3) is 8.87. The monoisotopic (exact) mass is 602 g/mol. The normalized spacial score (nSPS) is 15.5. The van der Waals surface area contributed by atoms with Crippen LogP contribution in [0, 0.1) is 12.2 Å². The van der Waals surface area contributed by atoms with Crippen LogP contribution >= 0.6 is 0 Å². The van der Waals surface area contributed by atoms with Gasteiger partial charge >= 0.3 is 17.1 Å². The summed E-state index contributed by atoms with van der Waals surface area (Å²) in [5, 5.41) is 5.52. The van der Waals surface area contributed by atoms with Crippen molar-refractivity contribution in [2.75, 3.05) is 0 Å². The molecule has 0 aromatic heterocycles. The first kappa shape index (κ1) is 31.9. The van der Waals surface area contributed by atoms with Crippen LogP contribution < -0.4 is 10.4 Å². The molecule has 198 valence electrons. The molecule has 0 spiro atoms. The molecular weight excluding hydrogens is 561 g/mol. The van der Waals surface area contributed by atoms with Crippen LogP contribution in [0.25, 0.3) is 0 Å². The fourth-order valence-electron chi connectivity index (χ4n) is 4.83. The van der Waals surface area contributed by atoms with E-state index in [0.29, 0.717) is 0 Å². The molecule has 2 aromatic rings. The van der Waals surface area contributed by atoms with E-state index in [1.807, 2.05) is 12.2 Å². The number of benzene rings is 2. The van der Waals surface area contributed by atoms with Crippen molar-refractivity contribution >= 4 is 43.6 Å². The van der Waals surface area contributed by atoms with Gasteiger partial charge in [-0.2, -0.15) is 10.4 Å². The minimum Gasteiger partial charge on any atom is -0.450 e. The van der Waals surface area contributed by atoms with E-state index in [-0.39, 0.29) is 17.1 Å². The Balaban J connectivity index is 0.000000253. The van der Waals surface area contributed by atoms with Gasteiger partial charge in [-0.15, -0.1) is 0 Å². The molecule has 0 unspecified atom stereocenters. The van der Waals surface area contributed by atoms with E-state index >= 15 is 0 Å². The van der Waals surface area contributed by atoms with Crippen molar-refractivity contribution in [1.29, 1.82) is 0 Å². The topological polar surface area (TPSA) is 18.5 Å². The van der Waals surface area contributed by atoms with Crippen LogP contribution in [0.4, 0.5) is 0 Å². The molecule has 0 N–H and O–H groups in total. The minimum absolute atomic E-state index is 0. The molecule has 0 fully saturated rings. The molecule has 0 saturated heterocycles. The van der Waals surface area contributed by atoms with Crippen molar-refractivity contribution in [2.24, 2.45) is 0 Å². The van der Waals surface area contributed by atoms with Gasteiger partial charge in [-0.05, 0) is 62.7 Å². The molecule has 0 heterocycles. The second-order valence-corrected chi connectivity index (χ2v) is 27.5. The SMILES string of the molecule is C[Si](C)(O[Si](C)(C)c1ccccc1)C1=[C-]C=CC1.C[Si](C)(O[Si](C)(C)c1ccccc1)C1=[C-]C=CC1.[Fe+2]. The first-order chi connectivity index (χ1) is 16.8. The largest absolute Gasteiger partial charge is 2.00 e. The summed E-state index contributed by atoms with van der Waals surface area (Å²) in [7, 11) is -7.19. The van der Waals surface area contributed by atoms with Gasteiger partial charge in [0, 0.05) is 0 Å². The number of hydrogen-bond donors (Lipinski definition) is 0. The van der Waals surface area contributed by atoms with Crippen LogP contribution in [0.2, 0.25) is 52.4 Å². The van der Waals surface area contributed by atoms with Crippen LogP contribution in [0.1, 0.15) is 12.8 Å². The van der Waals surface area contributed by atoms with Crippen LogP contribution in [0.5, 0.6) is 0 Å². The molecule has 0 amide bonds. The Morgan fingerprint density at radius 1 is 0.514 bits per heavy atom. The molecule has 0 radical (unpaired) electrons. The van der Waals surface area contributed by atoms with Crippen molar-refractivity contribution in [3.63, 3.8) is 0 Å². The Morgan fingerprint density at radius 2 is 0.838 bits per heavy atom. The molecule has 4 rings (SSSR count). The maximum atomic E-state index is 6.63. The molecule has 0 saturated carbocycles. The molecule has 2 nitrogen and oxygen atoms in total. The zero-order valence-electron chi connectivity index (χ0n) is 23.7. The van der Waals surface area contributed by atoms with Crippen molar-refractivity contribution < 1.29 is 25.3 Å². The van der Waals surface area contributed by atoms with Crippen LogP contribution in [0.15, 0.2) is 95.4 Å². The van der Waals surface area contributed by atoms with Crippen molar-refractivity contribution in [1.82, 2.24) is 0 Å². The third-order valence-electron chi connectivity index (χ3n) is 6.81. The molecule has 2 aliphatic rings. The summed E-state index contributed by atoms with van der Waals surface area (Å²) in [5.74, 6) is 0. The van der Waals surface area contributed by atoms with Gasteiger partial charge in [0.25, 0.3) is 0 Å². The molecule has 7 heteroatoms. The van der Waals surface area contributed by atoms with Gasteiger partial charge in [0.2, 0.25) is 16.6 Å². The van der Waals surface area contributed by atoms with E-state index in [4.69, 9.17) is 8.23 Å². The van der Waals surface area contributed by atoms with E-state index in [9.17, 15) is 0 Å². The van der Waals surface area contributed by atoms with E-state index in [1.54, 1.807) is 0 Å². The van der Waals surface area contributed by atoms with Gasteiger partial charge < -0.3 is 8.23 Å². The predicted molar refractivity (Wildman–Crippen MR) is 165 cm³/mol. The summed E-state index contributed by atoms with van der Waals surface area (Å²) in [6.07, 6.45) is 17.2. The molecular formula is C30H42FeO2Si4. The summed E-state index contributed by atoms with van der Waals surface area (Å²) < 4.78 is 13.3. The fraction of sp³-hybridized carbons (Fsp3) is 0.333. The summed E-state index contributed by atoms with van der Waals surface area (Å²) >= 11 is 0. The van der Waals surface area contributed by atoms with E-state index in [1.165, 1.54) is 20.8 Å². The second kappa shape index (κ2) is 13.2. The van der Waals surface area contributed by atoms with Gasteiger partial charge in [-0.3, -0.25) is 12.2 Å². The molecule has 0 atom stereocenters. The van der Waals surface area contributed by atoms with Gasteiger partial charge in [-0.25, -0.2) is 24.3 Å². The van der Waals surface area contributed by atoms with Crippen molar-refractivity contribution in [3.05, 3.63) is 108 Å². The van der Waals surface area contributed by atoms with Crippen LogP contribution in [-0.4, -0.2) is 33.3 Å². The first-order valence-electron chi connectivity index (χ1n) is 12.9. The van der Waals surface area contributed by atoms with Gasteiger partial charge in [0.05, 0.1) is 0 Å². The zero-order valence-corrected chi connectivity index (χ0v) is 28.8. The van der Waals surface area contributed by atoms with Crippen LogP contribution in [0.3, 0.4) is 0 Å². The standard InChI is InChI=1S/2C15H21OSi2.Fe/c2*1-17(2,14-10-6-5-7-11-14)16-18(3,4)15-12-8-9-13-15;/h2*5-11H,12H2,1-4H3;/q2*-1;+2. The predicted octanol–water partition coefficient (Wildman–Crippen LogP) is 7.10. The average molecular weight is 603 g/mol. The van der Waals surface area contributed by atoms with E-state index in [2.05, 4.69) is 137 Å².